The molecule has 2 atom stereocenters. The molecule has 5 nitrogen and oxygen atoms in total. The van der Waals surface area contributed by atoms with E-state index < -0.39 is 36.9 Å². The van der Waals surface area contributed by atoms with E-state index in [1.54, 1.807) is 0 Å². The molecule has 7 heteroatoms. The number of aliphatic carboxylic acids is 1. The lowest BCUT2D eigenvalue weighted by Crippen LogP contribution is -2.37. The predicted octanol–water partition coefficient (Wildman–Crippen LogP) is -0.455. The van der Waals surface area contributed by atoms with Crippen LogP contribution in [0.2, 0.25) is 0 Å². The van der Waals surface area contributed by atoms with E-state index in [0.717, 1.165) is 4.90 Å². The van der Waals surface area contributed by atoms with E-state index in [0.29, 0.717) is 0 Å². The fraction of sp³-hybridized carbons (Fsp3) is 0.750. The van der Waals surface area contributed by atoms with Gasteiger partial charge in [0.15, 0.2) is 0 Å². The average molecular weight is 223 g/mol. The summed E-state index contributed by atoms with van der Waals surface area (Å²) in [5, 5.41) is 17.4. The van der Waals surface area contributed by atoms with Gasteiger partial charge in [0.25, 0.3) is 6.43 Å². The highest BCUT2D eigenvalue weighted by Gasteiger charge is 2.36. The Hall–Kier alpha value is -1.24. The van der Waals surface area contributed by atoms with Gasteiger partial charge in [0.1, 0.15) is 6.10 Å². The number of carbonyl (C=O) groups is 2. The van der Waals surface area contributed by atoms with Crippen molar-refractivity contribution in [1.82, 2.24) is 4.90 Å². The number of β-amino-alcohol motifs (C(OH)–C–C–N with tert-alkyl or cyclic N) is 1. The number of aliphatic hydroxyl groups is 1. The van der Waals surface area contributed by atoms with E-state index in [9.17, 15) is 18.4 Å². The molecular weight excluding hydrogens is 212 g/mol. The van der Waals surface area contributed by atoms with Crippen LogP contribution in [0.5, 0.6) is 0 Å². The number of halogens is 2. The molecule has 1 heterocycles. The molecule has 0 saturated carbocycles. The summed E-state index contributed by atoms with van der Waals surface area (Å²) < 4.78 is 23.9. The van der Waals surface area contributed by atoms with Gasteiger partial charge in [0.05, 0.1) is 12.5 Å². The summed E-state index contributed by atoms with van der Waals surface area (Å²) >= 11 is 0. The van der Waals surface area contributed by atoms with Crippen molar-refractivity contribution in [3.8, 4) is 0 Å². The third-order valence-electron chi connectivity index (χ3n) is 2.26. The van der Waals surface area contributed by atoms with Gasteiger partial charge in [-0.2, -0.15) is 0 Å². The molecule has 0 aromatic rings. The topological polar surface area (TPSA) is 77.8 Å². The van der Waals surface area contributed by atoms with E-state index in [-0.39, 0.29) is 13.0 Å². The third-order valence-corrected chi connectivity index (χ3v) is 2.26. The molecule has 1 amide bonds. The van der Waals surface area contributed by atoms with Crippen molar-refractivity contribution in [3.63, 3.8) is 0 Å². The summed E-state index contributed by atoms with van der Waals surface area (Å²) in [6.07, 6.45) is -5.03. The highest BCUT2D eigenvalue weighted by Crippen LogP contribution is 2.18. The van der Waals surface area contributed by atoms with Crippen molar-refractivity contribution in [2.75, 3.05) is 13.1 Å². The Kier molecular flexibility index (Phi) is 3.57. The fourth-order valence-corrected chi connectivity index (χ4v) is 1.42. The van der Waals surface area contributed by atoms with Gasteiger partial charge in [-0.15, -0.1) is 0 Å². The van der Waals surface area contributed by atoms with Crippen LogP contribution >= 0.6 is 0 Å². The van der Waals surface area contributed by atoms with Gasteiger partial charge in [0.2, 0.25) is 5.91 Å². The lowest BCUT2D eigenvalue weighted by Gasteiger charge is -2.19. The van der Waals surface area contributed by atoms with Gasteiger partial charge in [-0.05, 0) is 0 Å². The van der Waals surface area contributed by atoms with Crippen LogP contribution in [0, 0.1) is 5.92 Å². The van der Waals surface area contributed by atoms with Gasteiger partial charge < -0.3 is 15.1 Å². The van der Waals surface area contributed by atoms with E-state index >= 15 is 0 Å². The minimum absolute atomic E-state index is 0.113. The van der Waals surface area contributed by atoms with Gasteiger partial charge in [-0.3, -0.25) is 9.59 Å². The zero-order chi connectivity index (χ0) is 11.6. The molecule has 0 aliphatic carbocycles. The normalized spacial score (nSPS) is 23.6. The van der Waals surface area contributed by atoms with Gasteiger partial charge in [0, 0.05) is 13.0 Å². The summed E-state index contributed by atoms with van der Waals surface area (Å²) in [6.45, 7) is -0.627. The Morgan fingerprint density at radius 1 is 1.60 bits per heavy atom. The minimum atomic E-state index is -2.93. The number of hydrogen-bond donors (Lipinski definition) is 2. The van der Waals surface area contributed by atoms with Crippen molar-refractivity contribution in [2.45, 2.75) is 19.0 Å². The standard InChI is InChI=1S/C8H11F2NO4/c9-7(10)5(12)3-11-2-4(8(14)15)1-6(11)13/h4-5,7,12H,1-3H2,(H,14,15). The van der Waals surface area contributed by atoms with Crippen LogP contribution in [0.4, 0.5) is 8.78 Å². The molecule has 0 radical (unpaired) electrons. The molecule has 1 aliphatic heterocycles. The molecule has 86 valence electrons. The largest absolute Gasteiger partial charge is 0.481 e. The van der Waals surface area contributed by atoms with Crippen LogP contribution in [0.1, 0.15) is 6.42 Å². The second kappa shape index (κ2) is 4.52. The van der Waals surface area contributed by atoms with Crippen LogP contribution in [-0.4, -0.2) is 52.6 Å². The first kappa shape index (κ1) is 11.8. The van der Waals surface area contributed by atoms with Gasteiger partial charge >= 0.3 is 5.97 Å². The maximum atomic E-state index is 12.0. The van der Waals surface area contributed by atoms with Crippen LogP contribution in [-0.2, 0) is 9.59 Å². The Balaban J connectivity index is 2.51. The number of alkyl halides is 2. The number of hydrogen-bond acceptors (Lipinski definition) is 3. The number of likely N-dealkylation sites (tertiary alicyclic amines) is 1. The smallest absolute Gasteiger partial charge is 0.308 e. The Morgan fingerprint density at radius 2 is 2.20 bits per heavy atom. The first-order valence-corrected chi connectivity index (χ1v) is 4.38. The number of carbonyl (C=O) groups excluding carboxylic acids is 1. The van der Waals surface area contributed by atoms with E-state index in [1.165, 1.54) is 0 Å². The Labute approximate surface area is 84.3 Å². The SMILES string of the molecule is O=C(O)C1CC(=O)N(CC(O)C(F)F)C1. The molecule has 0 bridgehead atoms. The Bertz CT molecular complexity index is 271. The summed E-state index contributed by atoms with van der Waals surface area (Å²) in [6, 6.07) is 0. The molecule has 1 aliphatic rings. The summed E-state index contributed by atoms with van der Waals surface area (Å²) in [5.74, 6) is -2.50. The van der Waals surface area contributed by atoms with Crippen molar-refractivity contribution < 1.29 is 28.6 Å². The quantitative estimate of drug-likeness (QED) is 0.676. The lowest BCUT2D eigenvalue weighted by molar-refractivity contribution is -0.141. The zero-order valence-corrected chi connectivity index (χ0v) is 7.77. The summed E-state index contributed by atoms with van der Waals surface area (Å²) in [4.78, 5) is 22.6. The number of carboxylic acids is 1. The molecule has 1 saturated heterocycles. The highest BCUT2D eigenvalue weighted by molar-refractivity contribution is 5.86. The molecule has 15 heavy (non-hydrogen) atoms. The molecule has 0 spiro atoms. The number of amides is 1. The molecule has 2 N–H and O–H groups in total. The molecule has 2 unspecified atom stereocenters. The van der Waals surface area contributed by atoms with Crippen LogP contribution < -0.4 is 0 Å². The number of rotatable bonds is 4. The van der Waals surface area contributed by atoms with E-state index in [1.807, 2.05) is 0 Å². The monoisotopic (exact) mass is 223 g/mol. The van der Waals surface area contributed by atoms with Crippen molar-refractivity contribution in [3.05, 3.63) is 0 Å². The third kappa shape index (κ3) is 2.85. The van der Waals surface area contributed by atoms with Gasteiger partial charge in [-0.1, -0.05) is 0 Å². The predicted molar refractivity (Wildman–Crippen MR) is 44.3 cm³/mol. The second-order valence-electron chi connectivity index (χ2n) is 3.44. The molecular formula is C8H11F2NO4. The molecule has 0 aromatic carbocycles. The Morgan fingerprint density at radius 3 is 2.60 bits per heavy atom. The zero-order valence-electron chi connectivity index (χ0n) is 7.77. The van der Waals surface area contributed by atoms with Crippen molar-refractivity contribution in [2.24, 2.45) is 5.92 Å². The molecule has 0 aromatic heterocycles. The van der Waals surface area contributed by atoms with Crippen LogP contribution in [0.3, 0.4) is 0 Å². The van der Waals surface area contributed by atoms with Crippen molar-refractivity contribution >= 4 is 11.9 Å². The number of nitrogens with zero attached hydrogens (tertiary/aromatic N) is 1. The molecule has 1 fully saturated rings. The average Bonchev–Trinajstić information content (AvgIpc) is 2.47. The van der Waals surface area contributed by atoms with E-state index in [4.69, 9.17) is 10.2 Å². The van der Waals surface area contributed by atoms with Crippen LogP contribution in [0.25, 0.3) is 0 Å². The minimum Gasteiger partial charge on any atom is -0.481 e. The van der Waals surface area contributed by atoms with Crippen molar-refractivity contribution in [1.29, 1.82) is 0 Å². The maximum Gasteiger partial charge on any atom is 0.308 e. The second-order valence-corrected chi connectivity index (χ2v) is 3.44. The maximum absolute atomic E-state index is 12.0. The number of aliphatic hydroxyl groups excluding tert-OH is 1. The summed E-state index contributed by atoms with van der Waals surface area (Å²) in [7, 11) is 0. The van der Waals surface area contributed by atoms with E-state index in [2.05, 4.69) is 0 Å². The van der Waals surface area contributed by atoms with Gasteiger partial charge in [-0.25, -0.2) is 8.78 Å². The first-order chi connectivity index (χ1) is 6.91. The van der Waals surface area contributed by atoms with Crippen LogP contribution in [0.15, 0.2) is 0 Å². The highest BCUT2D eigenvalue weighted by atomic mass is 19.3. The summed E-state index contributed by atoms with van der Waals surface area (Å²) in [5.41, 5.74) is 0. The first-order valence-electron chi connectivity index (χ1n) is 4.38. The number of carboxylic acid groups (broad SMARTS) is 1. The fourth-order valence-electron chi connectivity index (χ4n) is 1.42. The lowest BCUT2D eigenvalue weighted by atomic mass is 10.1. The molecule has 1 rings (SSSR count).